The number of hydrogen-bond donors (Lipinski definition) is 1. The topological polar surface area (TPSA) is 55.6 Å². The monoisotopic (exact) mass is 296 g/mol. The van der Waals surface area contributed by atoms with Crippen LogP contribution in [0.5, 0.6) is 0 Å². The number of thiophene rings is 1. The molecule has 0 aromatic carbocycles. The largest absolute Gasteiger partial charge is 0.443 e. The Labute approximate surface area is 112 Å². The third-order valence-electron chi connectivity index (χ3n) is 1.99. The standard InChI is InChI=1S/C11H15F3N2O2S/c1-10(2,3)18-9(17)16(4)8-6(15)5-7(19-8)11(12,13)14/h5H,15H2,1-4H3. The average molecular weight is 296 g/mol. The van der Waals surface area contributed by atoms with Crippen LogP contribution in [0.1, 0.15) is 25.6 Å². The predicted molar refractivity (Wildman–Crippen MR) is 68.4 cm³/mol. The minimum atomic E-state index is -4.48. The van der Waals surface area contributed by atoms with E-state index in [-0.39, 0.29) is 10.7 Å². The molecule has 1 aromatic rings. The minimum Gasteiger partial charge on any atom is -0.443 e. The fraction of sp³-hybridized carbons (Fsp3) is 0.545. The molecule has 0 spiro atoms. The van der Waals surface area contributed by atoms with Crippen molar-refractivity contribution in [2.75, 3.05) is 17.7 Å². The van der Waals surface area contributed by atoms with Gasteiger partial charge in [0.25, 0.3) is 0 Å². The van der Waals surface area contributed by atoms with Crippen LogP contribution in [0.25, 0.3) is 0 Å². The molecule has 2 N–H and O–H groups in total. The Hall–Kier alpha value is -1.44. The maximum atomic E-state index is 12.5. The minimum absolute atomic E-state index is 0.0153. The fourth-order valence-electron chi connectivity index (χ4n) is 1.21. The summed E-state index contributed by atoms with van der Waals surface area (Å²) < 4.78 is 42.7. The molecule has 108 valence electrons. The molecule has 1 heterocycles. The third kappa shape index (κ3) is 4.02. The van der Waals surface area contributed by atoms with Crippen LogP contribution in [0, 0.1) is 0 Å². The van der Waals surface area contributed by atoms with E-state index in [4.69, 9.17) is 10.5 Å². The number of ether oxygens (including phenoxy) is 1. The molecule has 0 atom stereocenters. The van der Waals surface area contributed by atoms with Crippen LogP contribution >= 0.6 is 11.3 Å². The van der Waals surface area contributed by atoms with Gasteiger partial charge in [-0.2, -0.15) is 13.2 Å². The lowest BCUT2D eigenvalue weighted by Crippen LogP contribution is -2.34. The first-order valence-electron chi connectivity index (χ1n) is 5.35. The molecule has 0 unspecified atom stereocenters. The molecule has 0 aliphatic rings. The van der Waals surface area contributed by atoms with Crippen molar-refractivity contribution >= 4 is 28.1 Å². The number of nitrogens with zero attached hydrogens (tertiary/aromatic N) is 1. The second-order valence-electron chi connectivity index (χ2n) is 4.91. The van der Waals surface area contributed by atoms with Crippen LogP contribution < -0.4 is 10.6 Å². The second-order valence-corrected chi connectivity index (χ2v) is 5.94. The van der Waals surface area contributed by atoms with Crippen molar-refractivity contribution in [3.8, 4) is 0 Å². The number of hydrogen-bond acceptors (Lipinski definition) is 4. The average Bonchev–Trinajstić information content (AvgIpc) is 2.56. The van der Waals surface area contributed by atoms with Gasteiger partial charge in [-0.25, -0.2) is 4.79 Å². The van der Waals surface area contributed by atoms with Gasteiger partial charge in [-0.05, 0) is 26.8 Å². The summed E-state index contributed by atoms with van der Waals surface area (Å²) >= 11 is 0.404. The molecule has 0 bridgehead atoms. The number of amides is 1. The van der Waals surface area contributed by atoms with Gasteiger partial charge in [0.1, 0.15) is 15.5 Å². The smallest absolute Gasteiger partial charge is 0.425 e. The van der Waals surface area contributed by atoms with Crippen molar-refractivity contribution in [2.24, 2.45) is 0 Å². The summed E-state index contributed by atoms with van der Waals surface area (Å²) in [5.41, 5.74) is 4.66. The van der Waals surface area contributed by atoms with Crippen molar-refractivity contribution in [3.05, 3.63) is 10.9 Å². The van der Waals surface area contributed by atoms with Crippen LogP contribution in [-0.2, 0) is 10.9 Å². The van der Waals surface area contributed by atoms with Gasteiger partial charge in [0, 0.05) is 7.05 Å². The molecule has 8 heteroatoms. The lowest BCUT2D eigenvalue weighted by molar-refractivity contribution is -0.134. The van der Waals surface area contributed by atoms with Gasteiger partial charge in [0.2, 0.25) is 0 Å². The normalized spacial score (nSPS) is 12.4. The molecule has 0 fully saturated rings. The first-order chi connectivity index (χ1) is 8.42. The number of anilines is 2. The van der Waals surface area contributed by atoms with E-state index >= 15 is 0 Å². The summed E-state index contributed by atoms with van der Waals surface area (Å²) in [6, 6.07) is 0.806. The Morgan fingerprint density at radius 3 is 2.26 bits per heavy atom. The van der Waals surface area contributed by atoms with Gasteiger partial charge in [-0.1, -0.05) is 0 Å². The first-order valence-corrected chi connectivity index (χ1v) is 6.16. The number of nitrogen functional groups attached to an aromatic ring is 1. The zero-order chi connectivity index (χ0) is 15.0. The Morgan fingerprint density at radius 2 is 1.89 bits per heavy atom. The molecule has 19 heavy (non-hydrogen) atoms. The van der Waals surface area contributed by atoms with E-state index in [1.807, 2.05) is 0 Å². The number of carbonyl (C=O) groups excluding carboxylic acids is 1. The van der Waals surface area contributed by atoms with E-state index in [2.05, 4.69) is 0 Å². The molecule has 0 aliphatic heterocycles. The van der Waals surface area contributed by atoms with E-state index in [0.717, 1.165) is 11.0 Å². The van der Waals surface area contributed by atoms with Gasteiger partial charge >= 0.3 is 12.3 Å². The van der Waals surface area contributed by atoms with E-state index < -0.39 is 22.7 Å². The van der Waals surface area contributed by atoms with Crippen molar-refractivity contribution in [2.45, 2.75) is 32.5 Å². The second kappa shape index (κ2) is 4.92. The summed E-state index contributed by atoms with van der Waals surface area (Å²) in [5.74, 6) is 0. The van der Waals surface area contributed by atoms with Crippen LogP contribution in [0.2, 0.25) is 0 Å². The third-order valence-corrected chi connectivity index (χ3v) is 3.26. The fourth-order valence-corrected chi connectivity index (χ4v) is 2.11. The van der Waals surface area contributed by atoms with Crippen molar-refractivity contribution in [1.29, 1.82) is 0 Å². The van der Waals surface area contributed by atoms with Gasteiger partial charge < -0.3 is 10.5 Å². The quantitative estimate of drug-likeness (QED) is 0.859. The highest BCUT2D eigenvalue weighted by Gasteiger charge is 2.35. The van der Waals surface area contributed by atoms with E-state index in [0.29, 0.717) is 11.3 Å². The van der Waals surface area contributed by atoms with E-state index in [1.165, 1.54) is 7.05 Å². The number of rotatable bonds is 1. The highest BCUT2D eigenvalue weighted by molar-refractivity contribution is 7.17. The zero-order valence-electron chi connectivity index (χ0n) is 11.0. The van der Waals surface area contributed by atoms with Crippen LogP contribution in [0.15, 0.2) is 6.07 Å². The number of nitrogens with two attached hydrogens (primary N) is 1. The number of alkyl halides is 3. The molecular formula is C11H15F3N2O2S. The van der Waals surface area contributed by atoms with Crippen molar-refractivity contribution in [1.82, 2.24) is 0 Å². The summed E-state index contributed by atoms with van der Waals surface area (Å²) in [5, 5.41) is 0.0153. The summed E-state index contributed by atoms with van der Waals surface area (Å²) in [4.78, 5) is 11.9. The van der Waals surface area contributed by atoms with Crippen molar-refractivity contribution in [3.63, 3.8) is 0 Å². The highest BCUT2D eigenvalue weighted by atomic mass is 32.1. The molecule has 0 radical (unpaired) electrons. The van der Waals surface area contributed by atoms with E-state index in [1.54, 1.807) is 20.8 Å². The van der Waals surface area contributed by atoms with Crippen LogP contribution in [0.4, 0.5) is 28.7 Å². The summed E-state index contributed by atoms with van der Waals surface area (Å²) in [7, 11) is 1.32. The first kappa shape index (κ1) is 15.6. The maximum absolute atomic E-state index is 12.5. The lowest BCUT2D eigenvalue weighted by Gasteiger charge is -2.24. The SMILES string of the molecule is CN(C(=O)OC(C)(C)C)c1sc(C(F)(F)F)cc1N. The van der Waals surface area contributed by atoms with E-state index in [9.17, 15) is 18.0 Å². The van der Waals surface area contributed by atoms with Gasteiger partial charge in [-0.15, -0.1) is 11.3 Å². The number of halogens is 3. The molecule has 1 amide bonds. The highest BCUT2D eigenvalue weighted by Crippen LogP contribution is 2.42. The predicted octanol–water partition coefficient (Wildman–Crippen LogP) is 3.72. The maximum Gasteiger partial charge on any atom is 0.425 e. The van der Waals surface area contributed by atoms with Gasteiger partial charge in [0.15, 0.2) is 0 Å². The van der Waals surface area contributed by atoms with Crippen molar-refractivity contribution < 1.29 is 22.7 Å². The molecule has 0 aliphatic carbocycles. The van der Waals surface area contributed by atoms with Crippen LogP contribution in [0.3, 0.4) is 0 Å². The zero-order valence-corrected chi connectivity index (χ0v) is 11.8. The van der Waals surface area contributed by atoms with Crippen LogP contribution in [-0.4, -0.2) is 18.7 Å². The Morgan fingerprint density at radius 1 is 1.37 bits per heavy atom. The van der Waals surface area contributed by atoms with Gasteiger partial charge in [0.05, 0.1) is 5.69 Å². The number of carbonyl (C=O) groups is 1. The molecular weight excluding hydrogens is 281 g/mol. The molecule has 0 saturated heterocycles. The molecule has 4 nitrogen and oxygen atoms in total. The molecule has 1 aromatic heterocycles. The van der Waals surface area contributed by atoms with Gasteiger partial charge in [-0.3, -0.25) is 4.90 Å². The Kier molecular flexibility index (Phi) is 4.04. The Bertz CT molecular complexity index is 477. The Balaban J connectivity index is 2.98. The summed E-state index contributed by atoms with van der Waals surface area (Å²) in [6.45, 7) is 4.99. The summed E-state index contributed by atoms with van der Waals surface area (Å²) in [6.07, 6.45) is -5.24. The molecule has 0 saturated carbocycles. The lowest BCUT2D eigenvalue weighted by atomic mass is 10.2. The molecule has 1 rings (SSSR count).